The number of benzene rings is 1. The van der Waals surface area contributed by atoms with Gasteiger partial charge in [0.15, 0.2) is 0 Å². The molecule has 2 aliphatic rings. The third-order valence-corrected chi connectivity index (χ3v) is 5.29. The molecule has 0 unspecified atom stereocenters. The molecule has 0 N–H and O–H groups in total. The van der Waals surface area contributed by atoms with E-state index >= 15 is 0 Å². The minimum atomic E-state index is 0.169. The summed E-state index contributed by atoms with van der Waals surface area (Å²) in [7, 11) is 2.17. The number of fused-ring (bicyclic) bond motifs is 1. The van der Waals surface area contributed by atoms with Gasteiger partial charge < -0.3 is 19.1 Å². The zero-order valence-corrected chi connectivity index (χ0v) is 16.0. The Morgan fingerprint density at radius 1 is 1.15 bits per heavy atom. The van der Waals surface area contributed by atoms with Gasteiger partial charge in [0.2, 0.25) is 0 Å². The van der Waals surface area contributed by atoms with E-state index in [0.717, 1.165) is 81.2 Å². The van der Waals surface area contributed by atoms with Crippen LogP contribution < -0.4 is 9.47 Å². The molecule has 2 aliphatic heterocycles. The van der Waals surface area contributed by atoms with Gasteiger partial charge in [0.1, 0.15) is 30.5 Å². The highest BCUT2D eigenvalue weighted by Gasteiger charge is 2.18. The second kappa shape index (κ2) is 8.82. The van der Waals surface area contributed by atoms with Gasteiger partial charge in [-0.15, -0.1) is 0 Å². The SMILES string of the molecule is CN1CCN(CCOc2cc(OC3CCOCC3)c3cncnc3c2)CC1. The molecule has 146 valence electrons. The molecule has 4 rings (SSSR count). The van der Waals surface area contributed by atoms with Crippen molar-refractivity contribution in [2.75, 3.05) is 59.6 Å². The molecular formula is C20H28N4O3. The Morgan fingerprint density at radius 3 is 2.78 bits per heavy atom. The lowest BCUT2D eigenvalue weighted by molar-refractivity contribution is 0.0261. The fourth-order valence-electron chi connectivity index (χ4n) is 3.55. The minimum absolute atomic E-state index is 0.169. The van der Waals surface area contributed by atoms with Gasteiger partial charge >= 0.3 is 0 Å². The van der Waals surface area contributed by atoms with Crippen LogP contribution >= 0.6 is 0 Å². The van der Waals surface area contributed by atoms with E-state index in [1.165, 1.54) is 0 Å². The van der Waals surface area contributed by atoms with Crippen molar-refractivity contribution in [1.29, 1.82) is 0 Å². The molecule has 0 spiro atoms. The van der Waals surface area contributed by atoms with Crippen molar-refractivity contribution in [1.82, 2.24) is 19.8 Å². The molecule has 3 heterocycles. The summed E-state index contributed by atoms with van der Waals surface area (Å²) in [5.41, 5.74) is 0.851. The van der Waals surface area contributed by atoms with Crippen LogP contribution in [0.15, 0.2) is 24.7 Å². The van der Waals surface area contributed by atoms with Crippen LogP contribution in [0.4, 0.5) is 0 Å². The van der Waals surface area contributed by atoms with Crippen LogP contribution in [0.5, 0.6) is 11.5 Å². The van der Waals surface area contributed by atoms with E-state index in [2.05, 4.69) is 26.8 Å². The molecule has 27 heavy (non-hydrogen) atoms. The maximum Gasteiger partial charge on any atom is 0.134 e. The van der Waals surface area contributed by atoms with Crippen molar-refractivity contribution < 1.29 is 14.2 Å². The molecule has 0 saturated carbocycles. The van der Waals surface area contributed by atoms with Crippen molar-refractivity contribution in [2.24, 2.45) is 0 Å². The lowest BCUT2D eigenvalue weighted by atomic mass is 10.1. The molecule has 1 aromatic carbocycles. The highest BCUT2D eigenvalue weighted by molar-refractivity contribution is 5.85. The van der Waals surface area contributed by atoms with Gasteiger partial charge in [-0.05, 0) is 7.05 Å². The molecule has 0 bridgehead atoms. The van der Waals surface area contributed by atoms with Crippen LogP contribution in [-0.4, -0.2) is 85.5 Å². The van der Waals surface area contributed by atoms with Gasteiger partial charge in [0.05, 0.1) is 24.1 Å². The highest BCUT2D eigenvalue weighted by Crippen LogP contribution is 2.31. The summed E-state index contributed by atoms with van der Waals surface area (Å²) in [5.74, 6) is 1.60. The number of nitrogens with zero attached hydrogens (tertiary/aromatic N) is 4. The average molecular weight is 372 g/mol. The zero-order chi connectivity index (χ0) is 18.5. The number of piperazine rings is 1. The molecule has 2 saturated heterocycles. The molecule has 1 aromatic heterocycles. The Bertz CT molecular complexity index is 743. The number of rotatable bonds is 6. The fourth-order valence-corrected chi connectivity index (χ4v) is 3.55. The molecule has 7 heteroatoms. The van der Waals surface area contributed by atoms with E-state index in [1.807, 2.05) is 18.3 Å². The Hall–Kier alpha value is -1.96. The normalized spacial score (nSPS) is 20.0. The van der Waals surface area contributed by atoms with Gasteiger partial charge in [0, 0.05) is 63.9 Å². The van der Waals surface area contributed by atoms with Gasteiger partial charge in [-0.3, -0.25) is 4.90 Å². The third-order valence-electron chi connectivity index (χ3n) is 5.29. The molecule has 2 fully saturated rings. The number of hydrogen-bond acceptors (Lipinski definition) is 7. The molecular weight excluding hydrogens is 344 g/mol. The number of aromatic nitrogens is 2. The summed E-state index contributed by atoms with van der Waals surface area (Å²) in [4.78, 5) is 13.4. The first kappa shape index (κ1) is 18.4. The van der Waals surface area contributed by atoms with E-state index in [0.29, 0.717) is 6.61 Å². The fraction of sp³-hybridized carbons (Fsp3) is 0.600. The van der Waals surface area contributed by atoms with Crippen LogP contribution in [0.1, 0.15) is 12.8 Å². The molecule has 0 radical (unpaired) electrons. The van der Waals surface area contributed by atoms with E-state index < -0.39 is 0 Å². The van der Waals surface area contributed by atoms with E-state index in [-0.39, 0.29) is 6.10 Å². The Morgan fingerprint density at radius 2 is 1.96 bits per heavy atom. The summed E-state index contributed by atoms with van der Waals surface area (Å²) >= 11 is 0. The Kier molecular flexibility index (Phi) is 6.01. The standard InChI is InChI=1S/C20H28N4O3/c1-23-4-6-24(7-5-23)8-11-26-17-12-19-18(14-21-15-22-19)20(13-17)27-16-2-9-25-10-3-16/h12-16H,2-11H2,1H3. The Labute approximate surface area is 160 Å². The lowest BCUT2D eigenvalue weighted by Gasteiger charge is -2.32. The molecule has 2 aromatic rings. The molecule has 7 nitrogen and oxygen atoms in total. The van der Waals surface area contributed by atoms with Gasteiger partial charge in [-0.1, -0.05) is 0 Å². The maximum atomic E-state index is 6.26. The average Bonchev–Trinajstić information content (AvgIpc) is 2.70. The lowest BCUT2D eigenvalue weighted by Crippen LogP contribution is -2.45. The van der Waals surface area contributed by atoms with Crippen LogP contribution in [0.2, 0.25) is 0 Å². The largest absolute Gasteiger partial charge is 0.492 e. The van der Waals surface area contributed by atoms with Crippen LogP contribution in [0.25, 0.3) is 10.9 Å². The first-order valence-electron chi connectivity index (χ1n) is 9.80. The van der Waals surface area contributed by atoms with Crippen molar-refractivity contribution in [2.45, 2.75) is 18.9 Å². The van der Waals surface area contributed by atoms with Crippen molar-refractivity contribution in [3.63, 3.8) is 0 Å². The predicted molar refractivity (Wildman–Crippen MR) is 103 cm³/mol. The van der Waals surface area contributed by atoms with Crippen molar-refractivity contribution in [3.8, 4) is 11.5 Å². The summed E-state index contributed by atoms with van der Waals surface area (Å²) in [6.07, 6.45) is 5.36. The summed E-state index contributed by atoms with van der Waals surface area (Å²) < 4.78 is 17.7. The first-order valence-corrected chi connectivity index (χ1v) is 9.80. The predicted octanol–water partition coefficient (Wildman–Crippen LogP) is 1.81. The van der Waals surface area contributed by atoms with Crippen molar-refractivity contribution >= 4 is 10.9 Å². The summed E-state index contributed by atoms with van der Waals surface area (Å²) in [6, 6.07) is 3.95. The van der Waals surface area contributed by atoms with E-state index in [1.54, 1.807) is 6.33 Å². The smallest absolute Gasteiger partial charge is 0.134 e. The quantitative estimate of drug-likeness (QED) is 0.766. The highest BCUT2D eigenvalue weighted by atomic mass is 16.5. The monoisotopic (exact) mass is 372 g/mol. The second-order valence-electron chi connectivity index (χ2n) is 7.30. The van der Waals surface area contributed by atoms with Gasteiger partial charge in [-0.25, -0.2) is 9.97 Å². The van der Waals surface area contributed by atoms with Crippen molar-refractivity contribution in [3.05, 3.63) is 24.7 Å². The summed E-state index contributed by atoms with van der Waals surface area (Å²) in [5, 5.41) is 0.926. The first-order chi connectivity index (χ1) is 13.3. The van der Waals surface area contributed by atoms with Crippen LogP contribution in [0.3, 0.4) is 0 Å². The van der Waals surface area contributed by atoms with E-state index in [4.69, 9.17) is 14.2 Å². The zero-order valence-electron chi connectivity index (χ0n) is 16.0. The Balaban J connectivity index is 1.42. The molecule has 0 atom stereocenters. The topological polar surface area (TPSA) is 60.0 Å². The molecule has 0 aliphatic carbocycles. The molecule has 0 amide bonds. The number of hydrogen-bond donors (Lipinski definition) is 0. The van der Waals surface area contributed by atoms with Crippen LogP contribution in [-0.2, 0) is 4.74 Å². The van der Waals surface area contributed by atoms with Gasteiger partial charge in [0.25, 0.3) is 0 Å². The summed E-state index contributed by atoms with van der Waals surface area (Å²) in [6.45, 7) is 7.54. The number of likely N-dealkylation sites (N-methyl/N-ethyl adjacent to an activating group) is 1. The second-order valence-corrected chi connectivity index (χ2v) is 7.30. The van der Waals surface area contributed by atoms with E-state index in [9.17, 15) is 0 Å². The minimum Gasteiger partial charge on any atom is -0.492 e. The maximum absolute atomic E-state index is 6.26. The van der Waals surface area contributed by atoms with Gasteiger partial charge in [-0.2, -0.15) is 0 Å². The van der Waals surface area contributed by atoms with Crippen LogP contribution in [0, 0.1) is 0 Å². The number of ether oxygens (including phenoxy) is 3. The third kappa shape index (κ3) is 4.86.